The first-order valence-electron chi connectivity index (χ1n) is 13.8. The molecule has 0 aliphatic carbocycles. The Labute approximate surface area is 246 Å². The zero-order valence-electron chi connectivity index (χ0n) is 23.7. The molecule has 0 unspecified atom stereocenters. The average Bonchev–Trinajstić information content (AvgIpc) is 3.52. The average molecular weight is 587 g/mol. The van der Waals surface area contributed by atoms with Crippen molar-refractivity contribution in [1.29, 1.82) is 0 Å². The molecule has 42 heavy (non-hydrogen) atoms. The van der Waals surface area contributed by atoms with Crippen LogP contribution in [0.5, 0.6) is 23.0 Å². The molecule has 0 bridgehead atoms. The minimum atomic E-state index is -0.977. The summed E-state index contributed by atoms with van der Waals surface area (Å²) in [5.41, 5.74) is 3.63. The van der Waals surface area contributed by atoms with Gasteiger partial charge in [-0.1, -0.05) is 23.5 Å². The lowest BCUT2D eigenvalue weighted by Crippen LogP contribution is -2.29. The van der Waals surface area contributed by atoms with E-state index >= 15 is 0 Å². The number of aromatic nitrogens is 1. The number of hydrogen-bond acceptors (Lipinski definition) is 9. The number of carbonyl (C=O) groups is 2. The largest absolute Gasteiger partial charge is 0.507 e. The molecule has 3 aromatic carbocycles. The summed E-state index contributed by atoms with van der Waals surface area (Å²) in [4.78, 5) is 33.7. The Morgan fingerprint density at radius 3 is 2.48 bits per heavy atom. The van der Waals surface area contributed by atoms with Crippen LogP contribution in [-0.2, 0) is 9.59 Å². The summed E-state index contributed by atoms with van der Waals surface area (Å²) in [6, 6.07) is 13.3. The Balaban J connectivity index is 1.56. The van der Waals surface area contributed by atoms with Gasteiger partial charge in [0.15, 0.2) is 28.1 Å². The van der Waals surface area contributed by atoms with Crippen LogP contribution in [-0.4, -0.2) is 48.2 Å². The molecule has 3 heterocycles. The fourth-order valence-electron chi connectivity index (χ4n) is 5.39. The van der Waals surface area contributed by atoms with Crippen molar-refractivity contribution in [2.75, 3.05) is 31.3 Å². The first-order chi connectivity index (χ1) is 20.3. The van der Waals surface area contributed by atoms with Crippen LogP contribution in [0.1, 0.15) is 42.1 Å². The summed E-state index contributed by atoms with van der Waals surface area (Å²) in [6.07, 6.45) is 0. The number of hydrogen-bond donors (Lipinski definition) is 1. The molecule has 1 saturated heterocycles. The molecule has 6 rings (SSSR count). The number of carbonyl (C=O) groups excluding carboxylic acids is 2. The number of anilines is 1. The van der Waals surface area contributed by atoms with Gasteiger partial charge in [-0.3, -0.25) is 14.5 Å². The van der Waals surface area contributed by atoms with Crippen LogP contribution < -0.4 is 23.8 Å². The van der Waals surface area contributed by atoms with Crippen molar-refractivity contribution in [3.8, 4) is 23.0 Å². The highest BCUT2D eigenvalue weighted by atomic mass is 32.1. The van der Waals surface area contributed by atoms with E-state index in [2.05, 4.69) is 0 Å². The highest BCUT2D eigenvalue weighted by Crippen LogP contribution is 2.47. The van der Waals surface area contributed by atoms with Crippen LogP contribution in [0.4, 0.5) is 5.13 Å². The second-order valence-electron chi connectivity index (χ2n) is 10.0. The van der Waals surface area contributed by atoms with Gasteiger partial charge in [0.1, 0.15) is 19.0 Å². The zero-order chi connectivity index (χ0) is 29.5. The number of nitrogens with zero attached hydrogens (tertiary/aromatic N) is 2. The molecule has 1 fully saturated rings. The Morgan fingerprint density at radius 2 is 1.71 bits per heavy atom. The minimum Gasteiger partial charge on any atom is -0.507 e. The molecule has 2 aliphatic rings. The van der Waals surface area contributed by atoms with Crippen LogP contribution in [0.15, 0.2) is 54.1 Å². The number of aryl methyl sites for hydroxylation is 2. The molecule has 0 radical (unpaired) electrons. The van der Waals surface area contributed by atoms with Gasteiger partial charge in [-0.05, 0) is 80.8 Å². The molecule has 4 aromatic rings. The Hall–Kier alpha value is -4.57. The second kappa shape index (κ2) is 11.0. The van der Waals surface area contributed by atoms with Crippen molar-refractivity contribution in [2.24, 2.45) is 0 Å². The van der Waals surface area contributed by atoms with E-state index in [0.717, 1.165) is 21.3 Å². The maximum absolute atomic E-state index is 13.8. The lowest BCUT2D eigenvalue weighted by Gasteiger charge is -2.24. The summed E-state index contributed by atoms with van der Waals surface area (Å²) >= 11 is 1.33. The molecular weight excluding hydrogens is 556 g/mol. The van der Waals surface area contributed by atoms with Crippen molar-refractivity contribution in [3.05, 3.63) is 76.4 Å². The monoisotopic (exact) mass is 586 g/mol. The summed E-state index contributed by atoms with van der Waals surface area (Å²) in [5, 5.41) is 12.0. The molecule has 0 saturated carbocycles. The van der Waals surface area contributed by atoms with Gasteiger partial charge in [0.2, 0.25) is 0 Å². The third-order valence-electron chi connectivity index (χ3n) is 7.17. The van der Waals surface area contributed by atoms with Crippen LogP contribution in [0.25, 0.3) is 16.0 Å². The van der Waals surface area contributed by atoms with Gasteiger partial charge in [-0.2, -0.15) is 0 Å². The van der Waals surface area contributed by atoms with Crippen LogP contribution in [0.2, 0.25) is 0 Å². The number of Topliss-reactive ketones (excluding diaryl/α,β-unsaturated/α-hetero) is 1. The molecular formula is C32H30N2O7S. The zero-order valence-corrected chi connectivity index (χ0v) is 24.5. The Kier molecular flexibility index (Phi) is 7.24. The number of thiazole rings is 1. The summed E-state index contributed by atoms with van der Waals surface area (Å²) in [7, 11) is 0. The fourth-order valence-corrected chi connectivity index (χ4v) is 6.56. The summed E-state index contributed by atoms with van der Waals surface area (Å²) < 4.78 is 23.8. The Morgan fingerprint density at radius 1 is 0.976 bits per heavy atom. The standard InChI is InChI=1S/C32H30N2O7S/c1-5-38-21-9-7-19(15-23(21)39-6-2)28-26(29(35)20-8-10-22-24(16-20)41-12-11-40-22)30(36)31(37)34(28)32-33-27-18(4)13-17(3)14-25(27)42-32/h7-10,13-16,28,35H,5-6,11-12H2,1-4H3/b29-26+/t28-/m0/s1. The summed E-state index contributed by atoms with van der Waals surface area (Å²) in [6.45, 7) is 9.32. The van der Waals surface area contributed by atoms with Crippen molar-refractivity contribution in [2.45, 2.75) is 33.7 Å². The van der Waals surface area contributed by atoms with Crippen LogP contribution >= 0.6 is 11.3 Å². The molecule has 10 heteroatoms. The quantitative estimate of drug-likeness (QED) is 0.157. The van der Waals surface area contributed by atoms with Gasteiger partial charge >= 0.3 is 5.91 Å². The fraction of sp³-hybridized carbons (Fsp3) is 0.281. The maximum Gasteiger partial charge on any atom is 0.301 e. The molecule has 0 spiro atoms. The van der Waals surface area contributed by atoms with Crippen molar-refractivity contribution < 1.29 is 33.6 Å². The predicted molar refractivity (Wildman–Crippen MR) is 160 cm³/mol. The van der Waals surface area contributed by atoms with Gasteiger partial charge in [0.25, 0.3) is 5.78 Å². The van der Waals surface area contributed by atoms with E-state index in [0.29, 0.717) is 65.7 Å². The van der Waals surface area contributed by atoms with Crippen molar-refractivity contribution >= 4 is 44.1 Å². The van der Waals surface area contributed by atoms with E-state index in [-0.39, 0.29) is 11.3 Å². The third-order valence-corrected chi connectivity index (χ3v) is 8.17. The highest BCUT2D eigenvalue weighted by Gasteiger charge is 2.48. The highest BCUT2D eigenvalue weighted by molar-refractivity contribution is 7.22. The molecule has 1 N–H and O–H groups in total. The smallest absolute Gasteiger partial charge is 0.301 e. The third kappa shape index (κ3) is 4.71. The number of rotatable bonds is 7. The van der Waals surface area contributed by atoms with E-state index in [9.17, 15) is 14.7 Å². The van der Waals surface area contributed by atoms with E-state index in [1.165, 1.54) is 16.2 Å². The van der Waals surface area contributed by atoms with E-state index in [4.69, 9.17) is 23.9 Å². The van der Waals surface area contributed by atoms with Gasteiger partial charge in [-0.25, -0.2) is 4.98 Å². The lowest BCUT2D eigenvalue weighted by atomic mass is 9.95. The first kappa shape index (κ1) is 27.6. The van der Waals surface area contributed by atoms with Crippen LogP contribution in [0, 0.1) is 13.8 Å². The number of aliphatic hydroxyl groups is 1. The van der Waals surface area contributed by atoms with E-state index in [1.807, 2.05) is 39.8 Å². The van der Waals surface area contributed by atoms with Gasteiger partial charge in [0.05, 0.1) is 35.0 Å². The van der Waals surface area contributed by atoms with Gasteiger partial charge in [-0.15, -0.1) is 0 Å². The van der Waals surface area contributed by atoms with E-state index < -0.39 is 17.7 Å². The number of aliphatic hydroxyl groups excluding tert-OH is 1. The maximum atomic E-state index is 13.8. The predicted octanol–water partition coefficient (Wildman–Crippen LogP) is 6.11. The SMILES string of the molecule is CCOc1ccc([C@H]2/C(=C(\O)c3ccc4c(c3)OCCO4)C(=O)C(=O)N2c2nc3c(C)cc(C)cc3s2)cc1OCC. The molecule has 2 aliphatic heterocycles. The summed E-state index contributed by atoms with van der Waals surface area (Å²) in [5.74, 6) is 0.0923. The Bertz CT molecular complexity index is 1760. The number of fused-ring (bicyclic) bond motifs is 2. The minimum absolute atomic E-state index is 0.0598. The molecule has 1 amide bonds. The van der Waals surface area contributed by atoms with Crippen molar-refractivity contribution in [1.82, 2.24) is 4.98 Å². The van der Waals surface area contributed by atoms with Crippen molar-refractivity contribution in [3.63, 3.8) is 0 Å². The van der Waals surface area contributed by atoms with E-state index in [1.54, 1.807) is 36.4 Å². The molecule has 9 nitrogen and oxygen atoms in total. The topological polar surface area (TPSA) is 107 Å². The lowest BCUT2D eigenvalue weighted by molar-refractivity contribution is -0.132. The molecule has 1 aromatic heterocycles. The number of ether oxygens (including phenoxy) is 4. The van der Waals surface area contributed by atoms with Gasteiger partial charge < -0.3 is 24.1 Å². The number of amides is 1. The molecule has 216 valence electrons. The number of ketones is 1. The normalized spacial score (nSPS) is 17.6. The molecule has 1 atom stereocenters. The second-order valence-corrected chi connectivity index (χ2v) is 11.0. The first-order valence-corrected chi connectivity index (χ1v) is 14.6. The van der Waals surface area contributed by atoms with Gasteiger partial charge in [0, 0.05) is 5.56 Å². The number of benzene rings is 3. The van der Waals surface area contributed by atoms with Crippen LogP contribution in [0.3, 0.4) is 0 Å².